The third kappa shape index (κ3) is 6.46. The summed E-state index contributed by atoms with van der Waals surface area (Å²) in [6.07, 6.45) is 8.49. The van der Waals surface area contributed by atoms with Gasteiger partial charge in [-0.15, -0.1) is 12.4 Å². The molecule has 1 aromatic rings. The molecule has 2 amide bonds. The summed E-state index contributed by atoms with van der Waals surface area (Å²) in [6.45, 7) is 1.91. The summed E-state index contributed by atoms with van der Waals surface area (Å²) >= 11 is 0. The van der Waals surface area contributed by atoms with Crippen LogP contribution in [-0.2, 0) is 16.6 Å². The lowest BCUT2D eigenvalue weighted by Crippen LogP contribution is -2.34. The van der Waals surface area contributed by atoms with E-state index in [9.17, 15) is 9.59 Å². The zero-order valence-corrected chi connectivity index (χ0v) is 16.8. The number of nitrogens with zero attached hydrogens (tertiary/aromatic N) is 3. The maximum Gasteiger partial charge on any atom is 0.246 e. The number of hydrogen-bond acceptors (Lipinski definition) is 5. The quantitative estimate of drug-likeness (QED) is 0.677. The molecule has 0 bridgehead atoms. The molecule has 0 aromatic carbocycles. The lowest BCUT2D eigenvalue weighted by molar-refractivity contribution is -0.125. The number of anilines is 1. The fourth-order valence-electron chi connectivity index (χ4n) is 3.84. The van der Waals surface area contributed by atoms with Crippen LogP contribution in [0.1, 0.15) is 63.1 Å². The normalized spacial score (nSPS) is 18.6. The summed E-state index contributed by atoms with van der Waals surface area (Å²) in [5.74, 6) is 1.71. The van der Waals surface area contributed by atoms with Crippen molar-refractivity contribution in [3.63, 3.8) is 0 Å². The SMILES string of the molecule is Cl.Cn1nc(C2CCNCC2)nc1NC(=O)CNC(=O)CC1CCCCC1. The number of aryl methyl sites for hydroxylation is 1. The van der Waals surface area contributed by atoms with Crippen molar-refractivity contribution >= 4 is 30.2 Å². The molecule has 2 fully saturated rings. The van der Waals surface area contributed by atoms with E-state index in [1.54, 1.807) is 11.7 Å². The number of piperidine rings is 1. The van der Waals surface area contributed by atoms with Gasteiger partial charge in [0.2, 0.25) is 17.8 Å². The molecule has 8 nitrogen and oxygen atoms in total. The van der Waals surface area contributed by atoms with Gasteiger partial charge in [0, 0.05) is 19.4 Å². The summed E-state index contributed by atoms with van der Waals surface area (Å²) in [5, 5.41) is 13.2. The first-order valence-corrected chi connectivity index (χ1v) is 9.80. The molecule has 3 rings (SSSR count). The smallest absolute Gasteiger partial charge is 0.246 e. The molecule has 2 aliphatic rings. The van der Waals surface area contributed by atoms with Crippen molar-refractivity contribution in [2.75, 3.05) is 25.0 Å². The third-order valence-electron chi connectivity index (χ3n) is 5.38. The Hall–Kier alpha value is -1.67. The monoisotopic (exact) mass is 398 g/mol. The van der Waals surface area contributed by atoms with Gasteiger partial charge in [-0.05, 0) is 44.7 Å². The molecule has 2 heterocycles. The Balaban J connectivity index is 0.00000261. The van der Waals surface area contributed by atoms with E-state index in [0.29, 0.717) is 24.2 Å². The van der Waals surface area contributed by atoms with Gasteiger partial charge in [0.15, 0.2) is 5.82 Å². The van der Waals surface area contributed by atoms with Gasteiger partial charge in [0.25, 0.3) is 0 Å². The van der Waals surface area contributed by atoms with E-state index < -0.39 is 0 Å². The van der Waals surface area contributed by atoms with Crippen LogP contribution < -0.4 is 16.0 Å². The van der Waals surface area contributed by atoms with Crippen LogP contribution in [0.15, 0.2) is 0 Å². The number of nitrogens with one attached hydrogen (secondary N) is 3. The molecule has 1 aromatic heterocycles. The van der Waals surface area contributed by atoms with Crippen molar-refractivity contribution in [1.82, 2.24) is 25.4 Å². The molecule has 27 heavy (non-hydrogen) atoms. The Morgan fingerprint density at radius 3 is 2.52 bits per heavy atom. The standard InChI is InChI=1S/C18H30N6O2.ClH/c1-24-18(22-17(23-24)14-7-9-19-10-8-14)21-16(26)12-20-15(25)11-13-5-3-2-4-6-13;/h13-14,19H,2-12H2,1H3,(H,20,25)(H,21,22,23,26);1H. The molecule has 0 atom stereocenters. The maximum absolute atomic E-state index is 12.1. The first-order valence-electron chi connectivity index (χ1n) is 9.80. The average Bonchev–Trinajstić information content (AvgIpc) is 3.02. The van der Waals surface area contributed by atoms with Crippen LogP contribution >= 0.6 is 12.4 Å². The first kappa shape index (κ1) is 21.6. The summed E-state index contributed by atoms with van der Waals surface area (Å²) in [4.78, 5) is 28.6. The number of hydrogen-bond donors (Lipinski definition) is 3. The highest BCUT2D eigenvalue weighted by Crippen LogP contribution is 2.26. The van der Waals surface area contributed by atoms with Gasteiger partial charge < -0.3 is 10.6 Å². The molecule has 1 aliphatic heterocycles. The van der Waals surface area contributed by atoms with Crippen LogP contribution in [0.2, 0.25) is 0 Å². The number of carbonyl (C=O) groups is 2. The molecule has 0 unspecified atom stereocenters. The Morgan fingerprint density at radius 1 is 1.11 bits per heavy atom. The Kier molecular flexibility index (Phi) is 8.50. The minimum absolute atomic E-state index is 0. The molecule has 3 N–H and O–H groups in total. The fraction of sp³-hybridized carbons (Fsp3) is 0.778. The minimum Gasteiger partial charge on any atom is -0.347 e. The highest BCUT2D eigenvalue weighted by atomic mass is 35.5. The second-order valence-corrected chi connectivity index (χ2v) is 7.47. The van der Waals surface area contributed by atoms with Crippen molar-refractivity contribution in [1.29, 1.82) is 0 Å². The number of aromatic nitrogens is 3. The Bertz CT molecular complexity index is 623. The van der Waals surface area contributed by atoms with Crippen LogP contribution in [0.25, 0.3) is 0 Å². The molecule has 1 saturated heterocycles. The van der Waals surface area contributed by atoms with E-state index in [-0.39, 0.29) is 30.8 Å². The van der Waals surface area contributed by atoms with Crippen molar-refractivity contribution in [3.05, 3.63) is 5.82 Å². The second-order valence-electron chi connectivity index (χ2n) is 7.47. The Morgan fingerprint density at radius 2 is 1.81 bits per heavy atom. The van der Waals surface area contributed by atoms with Gasteiger partial charge in [-0.1, -0.05) is 19.3 Å². The van der Waals surface area contributed by atoms with Crippen molar-refractivity contribution < 1.29 is 9.59 Å². The number of carbonyl (C=O) groups excluding carboxylic acids is 2. The molecule has 0 radical (unpaired) electrons. The van der Waals surface area contributed by atoms with Gasteiger partial charge in [-0.2, -0.15) is 10.1 Å². The van der Waals surface area contributed by atoms with Gasteiger partial charge in [-0.3, -0.25) is 14.9 Å². The van der Waals surface area contributed by atoms with Gasteiger partial charge in [0.05, 0.1) is 6.54 Å². The van der Waals surface area contributed by atoms with E-state index in [0.717, 1.165) is 44.6 Å². The molecule has 9 heteroatoms. The van der Waals surface area contributed by atoms with Crippen molar-refractivity contribution in [2.24, 2.45) is 13.0 Å². The van der Waals surface area contributed by atoms with E-state index in [2.05, 4.69) is 26.0 Å². The molecule has 1 saturated carbocycles. The van der Waals surface area contributed by atoms with Gasteiger partial charge in [-0.25, -0.2) is 4.68 Å². The van der Waals surface area contributed by atoms with E-state index in [1.807, 2.05) is 0 Å². The summed E-state index contributed by atoms with van der Waals surface area (Å²) < 4.78 is 1.60. The summed E-state index contributed by atoms with van der Waals surface area (Å²) in [7, 11) is 1.77. The number of rotatable bonds is 6. The lowest BCUT2D eigenvalue weighted by atomic mass is 9.87. The van der Waals surface area contributed by atoms with E-state index in [4.69, 9.17) is 0 Å². The molecular weight excluding hydrogens is 368 g/mol. The van der Waals surface area contributed by atoms with Crippen LogP contribution in [0.5, 0.6) is 0 Å². The van der Waals surface area contributed by atoms with E-state index >= 15 is 0 Å². The largest absolute Gasteiger partial charge is 0.347 e. The lowest BCUT2D eigenvalue weighted by Gasteiger charge is -2.20. The predicted molar refractivity (Wildman–Crippen MR) is 106 cm³/mol. The topological polar surface area (TPSA) is 101 Å². The molecule has 152 valence electrons. The van der Waals surface area contributed by atoms with Gasteiger partial charge >= 0.3 is 0 Å². The van der Waals surface area contributed by atoms with E-state index in [1.165, 1.54) is 19.3 Å². The highest BCUT2D eigenvalue weighted by Gasteiger charge is 2.22. The van der Waals surface area contributed by atoms with Crippen molar-refractivity contribution in [3.8, 4) is 0 Å². The van der Waals surface area contributed by atoms with Gasteiger partial charge in [0.1, 0.15) is 0 Å². The number of halogens is 1. The fourth-order valence-corrected chi connectivity index (χ4v) is 3.84. The van der Waals surface area contributed by atoms with Crippen LogP contribution in [0.3, 0.4) is 0 Å². The summed E-state index contributed by atoms with van der Waals surface area (Å²) in [5.41, 5.74) is 0. The molecular formula is C18H31ClN6O2. The van der Waals surface area contributed by atoms with Crippen molar-refractivity contribution in [2.45, 2.75) is 57.3 Å². The summed E-state index contributed by atoms with van der Waals surface area (Å²) in [6, 6.07) is 0. The minimum atomic E-state index is -0.269. The van der Waals surface area contributed by atoms with Crippen LogP contribution in [-0.4, -0.2) is 46.2 Å². The zero-order valence-electron chi connectivity index (χ0n) is 16.0. The average molecular weight is 399 g/mol. The molecule has 1 aliphatic carbocycles. The predicted octanol–water partition coefficient (Wildman–Crippen LogP) is 1.73. The Labute approximate surface area is 166 Å². The second kappa shape index (κ2) is 10.6. The van der Waals surface area contributed by atoms with Crippen LogP contribution in [0.4, 0.5) is 5.95 Å². The molecule has 0 spiro atoms. The maximum atomic E-state index is 12.1. The van der Waals surface area contributed by atoms with Crippen LogP contribution in [0, 0.1) is 5.92 Å². The number of amides is 2. The first-order chi connectivity index (χ1) is 12.6. The highest BCUT2D eigenvalue weighted by molar-refractivity contribution is 5.93. The third-order valence-corrected chi connectivity index (χ3v) is 5.38. The zero-order chi connectivity index (χ0) is 18.4.